The molecule has 23 heavy (non-hydrogen) atoms. The van der Waals surface area contributed by atoms with Crippen molar-refractivity contribution >= 4 is 33.3 Å². The van der Waals surface area contributed by atoms with Gasteiger partial charge in [0.05, 0.1) is 10.2 Å². The van der Waals surface area contributed by atoms with Gasteiger partial charge in [0, 0.05) is 32.7 Å². The van der Waals surface area contributed by atoms with E-state index in [0.29, 0.717) is 0 Å². The summed E-state index contributed by atoms with van der Waals surface area (Å²) in [6.45, 7) is 4.48. The zero-order chi connectivity index (χ0) is 15.8. The number of thiophene rings is 1. The summed E-state index contributed by atoms with van der Waals surface area (Å²) >= 11 is 1.65. The van der Waals surface area contributed by atoms with Crippen LogP contribution in [0.3, 0.4) is 0 Å². The van der Waals surface area contributed by atoms with E-state index in [4.69, 9.17) is 0 Å². The van der Waals surface area contributed by atoms with Gasteiger partial charge in [-0.3, -0.25) is 4.79 Å². The number of nitrogens with zero attached hydrogens (tertiary/aromatic N) is 5. The summed E-state index contributed by atoms with van der Waals surface area (Å²) in [5.74, 6) is 1.19. The van der Waals surface area contributed by atoms with Crippen molar-refractivity contribution in [1.29, 1.82) is 0 Å². The number of aromatic nitrogens is 2. The molecule has 0 unspecified atom stereocenters. The molecule has 4 heterocycles. The van der Waals surface area contributed by atoms with Gasteiger partial charge >= 0.3 is 0 Å². The second-order valence-electron chi connectivity index (χ2n) is 6.31. The molecule has 6 nitrogen and oxygen atoms in total. The molecule has 0 bridgehead atoms. The van der Waals surface area contributed by atoms with Gasteiger partial charge in [0.15, 0.2) is 5.82 Å². The van der Waals surface area contributed by atoms with E-state index >= 15 is 0 Å². The summed E-state index contributed by atoms with van der Waals surface area (Å²) in [5.41, 5.74) is 0.970. The zero-order valence-corrected chi connectivity index (χ0v) is 14.1. The van der Waals surface area contributed by atoms with Crippen molar-refractivity contribution < 1.29 is 4.79 Å². The lowest BCUT2D eigenvalue weighted by molar-refractivity contribution is -0.134. The molecule has 4 rings (SSSR count). The van der Waals surface area contributed by atoms with Gasteiger partial charge in [-0.2, -0.15) is 0 Å². The third-order valence-corrected chi connectivity index (χ3v) is 5.75. The first kappa shape index (κ1) is 14.8. The van der Waals surface area contributed by atoms with Crippen molar-refractivity contribution in [1.82, 2.24) is 19.8 Å². The largest absolute Gasteiger partial charge is 0.343 e. The Hall–Kier alpha value is -1.73. The van der Waals surface area contributed by atoms with E-state index in [0.717, 1.165) is 61.6 Å². The Labute approximate surface area is 139 Å². The van der Waals surface area contributed by atoms with Gasteiger partial charge in [0.2, 0.25) is 5.91 Å². The Balaban J connectivity index is 1.59. The number of likely N-dealkylation sites (N-methyl/N-ethyl adjacent to an activating group) is 1. The summed E-state index contributed by atoms with van der Waals surface area (Å²) in [4.78, 5) is 28.3. The summed E-state index contributed by atoms with van der Waals surface area (Å²) in [5, 5.41) is 2.04. The van der Waals surface area contributed by atoms with Crippen molar-refractivity contribution in [2.45, 2.75) is 18.9 Å². The van der Waals surface area contributed by atoms with Gasteiger partial charge < -0.3 is 14.7 Å². The fraction of sp³-hybridized carbons (Fsp3) is 0.562. The van der Waals surface area contributed by atoms with E-state index in [2.05, 4.69) is 26.8 Å². The maximum atomic E-state index is 13.0. The van der Waals surface area contributed by atoms with Crippen LogP contribution in [0, 0.1) is 0 Å². The third-order valence-electron chi connectivity index (χ3n) is 4.85. The van der Waals surface area contributed by atoms with Gasteiger partial charge in [-0.05, 0) is 31.3 Å². The molecule has 2 fully saturated rings. The molecule has 0 N–H and O–H groups in total. The summed E-state index contributed by atoms with van der Waals surface area (Å²) in [6, 6.07) is 1.94. The first-order valence-electron chi connectivity index (χ1n) is 8.16. The predicted octanol–water partition coefficient (Wildman–Crippen LogP) is 1.43. The van der Waals surface area contributed by atoms with Crippen LogP contribution in [0.2, 0.25) is 0 Å². The number of hydrogen-bond donors (Lipinski definition) is 0. The number of anilines is 1. The van der Waals surface area contributed by atoms with E-state index < -0.39 is 0 Å². The van der Waals surface area contributed by atoms with E-state index in [1.54, 1.807) is 17.7 Å². The maximum absolute atomic E-state index is 13.0. The quantitative estimate of drug-likeness (QED) is 0.833. The highest BCUT2D eigenvalue weighted by Gasteiger charge is 2.36. The minimum absolute atomic E-state index is 0.0707. The van der Waals surface area contributed by atoms with Crippen molar-refractivity contribution in [3.05, 3.63) is 17.8 Å². The van der Waals surface area contributed by atoms with Gasteiger partial charge in [0.25, 0.3) is 0 Å². The highest BCUT2D eigenvalue weighted by atomic mass is 32.1. The Bertz CT molecular complexity index is 709. The van der Waals surface area contributed by atoms with Crippen LogP contribution in [0.15, 0.2) is 17.8 Å². The number of rotatable bonds is 2. The average Bonchev–Trinajstić information content (AvgIpc) is 3.23. The normalized spacial score (nSPS) is 22.9. The molecule has 2 aromatic heterocycles. The molecule has 2 aromatic rings. The Morgan fingerprint density at radius 1 is 1.22 bits per heavy atom. The Morgan fingerprint density at radius 2 is 2.04 bits per heavy atom. The molecule has 2 aliphatic rings. The molecule has 1 amide bonds. The maximum Gasteiger partial charge on any atom is 0.245 e. The second-order valence-corrected chi connectivity index (χ2v) is 7.23. The Kier molecular flexibility index (Phi) is 3.90. The highest BCUT2D eigenvalue weighted by molar-refractivity contribution is 7.17. The van der Waals surface area contributed by atoms with Crippen LogP contribution in [-0.4, -0.2) is 71.5 Å². The molecule has 2 saturated heterocycles. The molecular weight excluding hydrogens is 310 g/mol. The number of fused-ring (bicyclic) bond motifs is 1. The molecule has 0 radical (unpaired) electrons. The standard InChI is InChI=1S/C16H21N5OS/c1-19-6-8-20(9-7-19)16(22)13-3-2-5-21(13)15-14-12(4-10-23-14)17-11-18-15/h4,10-11,13H,2-3,5-9H2,1H3/t13-/m1/s1. The topological polar surface area (TPSA) is 52.6 Å². The third kappa shape index (κ3) is 2.68. The highest BCUT2D eigenvalue weighted by Crippen LogP contribution is 2.33. The summed E-state index contributed by atoms with van der Waals surface area (Å²) < 4.78 is 1.09. The number of carbonyl (C=O) groups excluding carboxylic acids is 1. The van der Waals surface area contributed by atoms with E-state index in [1.807, 2.05) is 16.3 Å². The molecule has 2 aliphatic heterocycles. The van der Waals surface area contributed by atoms with Gasteiger partial charge in [-0.25, -0.2) is 9.97 Å². The van der Waals surface area contributed by atoms with Crippen LogP contribution in [0.1, 0.15) is 12.8 Å². The van der Waals surface area contributed by atoms with Gasteiger partial charge in [0.1, 0.15) is 12.4 Å². The number of carbonyl (C=O) groups is 1. The fourth-order valence-electron chi connectivity index (χ4n) is 3.49. The average molecular weight is 331 g/mol. The van der Waals surface area contributed by atoms with E-state index in [-0.39, 0.29) is 11.9 Å². The van der Waals surface area contributed by atoms with Crippen LogP contribution >= 0.6 is 11.3 Å². The molecule has 0 aromatic carbocycles. The number of hydrogen-bond acceptors (Lipinski definition) is 6. The van der Waals surface area contributed by atoms with Crippen molar-refractivity contribution in [2.75, 3.05) is 44.7 Å². The van der Waals surface area contributed by atoms with Crippen LogP contribution < -0.4 is 4.90 Å². The van der Waals surface area contributed by atoms with E-state index in [9.17, 15) is 4.79 Å². The molecule has 122 valence electrons. The Morgan fingerprint density at radius 3 is 2.87 bits per heavy atom. The lowest BCUT2D eigenvalue weighted by atomic mass is 10.1. The van der Waals surface area contributed by atoms with Crippen molar-refractivity contribution in [3.8, 4) is 0 Å². The smallest absolute Gasteiger partial charge is 0.245 e. The lowest BCUT2D eigenvalue weighted by Crippen LogP contribution is -2.53. The first-order valence-corrected chi connectivity index (χ1v) is 9.04. The SMILES string of the molecule is CN1CCN(C(=O)[C@H]2CCCN2c2ncnc3ccsc23)CC1. The van der Waals surface area contributed by atoms with Crippen LogP contribution in [0.4, 0.5) is 5.82 Å². The molecule has 0 spiro atoms. The lowest BCUT2D eigenvalue weighted by Gasteiger charge is -2.36. The zero-order valence-electron chi connectivity index (χ0n) is 13.3. The molecular formula is C16H21N5OS. The summed E-state index contributed by atoms with van der Waals surface area (Å²) in [6.07, 6.45) is 3.57. The van der Waals surface area contributed by atoms with E-state index in [1.165, 1.54) is 0 Å². The van der Waals surface area contributed by atoms with Gasteiger partial charge in [-0.1, -0.05) is 0 Å². The predicted molar refractivity (Wildman–Crippen MR) is 91.9 cm³/mol. The molecule has 0 saturated carbocycles. The number of piperazine rings is 1. The fourth-order valence-corrected chi connectivity index (χ4v) is 4.34. The first-order chi connectivity index (χ1) is 11.2. The minimum atomic E-state index is -0.0707. The second kappa shape index (κ2) is 6.05. The minimum Gasteiger partial charge on any atom is -0.343 e. The number of amides is 1. The van der Waals surface area contributed by atoms with Gasteiger partial charge in [-0.15, -0.1) is 11.3 Å². The molecule has 1 atom stereocenters. The monoisotopic (exact) mass is 331 g/mol. The van der Waals surface area contributed by atoms with Crippen LogP contribution in [-0.2, 0) is 4.79 Å². The molecule has 7 heteroatoms. The van der Waals surface area contributed by atoms with Crippen LogP contribution in [0.5, 0.6) is 0 Å². The van der Waals surface area contributed by atoms with Crippen LogP contribution in [0.25, 0.3) is 10.2 Å². The van der Waals surface area contributed by atoms with Crippen molar-refractivity contribution in [2.24, 2.45) is 0 Å². The van der Waals surface area contributed by atoms with Crippen molar-refractivity contribution in [3.63, 3.8) is 0 Å². The molecule has 0 aliphatic carbocycles. The summed E-state index contributed by atoms with van der Waals surface area (Å²) in [7, 11) is 2.11.